The van der Waals surface area contributed by atoms with Crippen LogP contribution in [0.15, 0.2) is 35.5 Å². The van der Waals surface area contributed by atoms with E-state index in [1.807, 2.05) is 6.07 Å². The van der Waals surface area contributed by atoms with Gasteiger partial charge in [0.05, 0.1) is 16.3 Å². The molecule has 0 aliphatic heterocycles. The van der Waals surface area contributed by atoms with E-state index >= 15 is 0 Å². The van der Waals surface area contributed by atoms with E-state index in [4.69, 9.17) is 35.4 Å². The van der Waals surface area contributed by atoms with Gasteiger partial charge >= 0.3 is 0 Å². The largest absolute Gasteiger partial charge is 0.358 e. The number of hydrogen-bond donors (Lipinski definition) is 2. The standard InChI is InChI=1S/C18H19Cl2N3S/c19-15-5-4-10(6-16(15)20)9-21-23-18(24)22-17-8-11-7-14(17)13-3-1-2-12(11)13/h1,3-6,9,11-14,17H,2,7-8H2,(H2,22,23,24)/b21-9-/t11-,12-,13-,14+,17-/m1/s1. The van der Waals surface area contributed by atoms with Gasteiger partial charge in [0, 0.05) is 6.04 Å². The quantitative estimate of drug-likeness (QED) is 0.353. The summed E-state index contributed by atoms with van der Waals surface area (Å²) in [5.74, 6) is 3.22. The Morgan fingerprint density at radius 1 is 1.21 bits per heavy atom. The van der Waals surface area contributed by atoms with Crippen molar-refractivity contribution in [1.29, 1.82) is 0 Å². The van der Waals surface area contributed by atoms with E-state index in [0.717, 1.165) is 29.2 Å². The van der Waals surface area contributed by atoms with Crippen LogP contribution >= 0.6 is 35.4 Å². The zero-order valence-corrected chi connectivity index (χ0v) is 15.4. The zero-order valence-electron chi connectivity index (χ0n) is 13.1. The minimum Gasteiger partial charge on any atom is -0.358 e. The van der Waals surface area contributed by atoms with Crippen molar-refractivity contribution < 1.29 is 0 Å². The van der Waals surface area contributed by atoms with Crippen LogP contribution in [0.3, 0.4) is 0 Å². The molecule has 0 heterocycles. The lowest BCUT2D eigenvalue weighted by molar-refractivity contribution is 0.246. The van der Waals surface area contributed by atoms with Gasteiger partial charge in [-0.05, 0) is 72.8 Å². The first kappa shape index (κ1) is 16.4. The lowest BCUT2D eigenvalue weighted by Crippen LogP contribution is -2.45. The Balaban J connectivity index is 1.30. The molecule has 126 valence electrons. The molecule has 2 N–H and O–H groups in total. The molecular weight excluding hydrogens is 361 g/mol. The second-order valence-corrected chi connectivity index (χ2v) is 8.15. The van der Waals surface area contributed by atoms with Crippen LogP contribution in [0.2, 0.25) is 10.0 Å². The molecule has 3 aliphatic rings. The van der Waals surface area contributed by atoms with Crippen LogP contribution in [0.25, 0.3) is 0 Å². The van der Waals surface area contributed by atoms with Gasteiger partial charge in [0.15, 0.2) is 5.11 Å². The molecule has 0 amide bonds. The number of benzene rings is 1. The summed E-state index contributed by atoms with van der Waals surface area (Å²) in [6, 6.07) is 5.86. The third-order valence-electron chi connectivity index (χ3n) is 5.65. The summed E-state index contributed by atoms with van der Waals surface area (Å²) in [5.41, 5.74) is 3.78. The minimum absolute atomic E-state index is 0.471. The van der Waals surface area contributed by atoms with Gasteiger partial charge in [0.25, 0.3) is 0 Å². The number of hydrogen-bond acceptors (Lipinski definition) is 2. The molecule has 0 unspecified atom stereocenters. The van der Waals surface area contributed by atoms with Gasteiger partial charge in [-0.2, -0.15) is 5.10 Å². The molecule has 24 heavy (non-hydrogen) atoms. The summed E-state index contributed by atoms with van der Waals surface area (Å²) < 4.78 is 0. The summed E-state index contributed by atoms with van der Waals surface area (Å²) in [6.07, 6.45) is 10.3. The van der Waals surface area contributed by atoms with Gasteiger partial charge in [-0.3, -0.25) is 5.43 Å². The predicted octanol–water partition coefficient (Wildman–Crippen LogP) is 4.39. The number of allylic oxidation sites excluding steroid dienone is 2. The fourth-order valence-electron chi connectivity index (χ4n) is 4.67. The van der Waals surface area contributed by atoms with E-state index in [1.165, 1.54) is 19.3 Å². The van der Waals surface area contributed by atoms with Gasteiger partial charge in [-0.25, -0.2) is 0 Å². The van der Waals surface area contributed by atoms with E-state index in [0.29, 0.717) is 21.2 Å². The Kier molecular flexibility index (Phi) is 4.54. The molecule has 2 fully saturated rings. The number of nitrogens with one attached hydrogen (secondary N) is 2. The third kappa shape index (κ3) is 3.07. The highest BCUT2D eigenvalue weighted by atomic mass is 35.5. The monoisotopic (exact) mass is 379 g/mol. The SMILES string of the molecule is S=C(N/N=C\c1ccc(Cl)c(Cl)c1)N[C@@H]1C[C@H]2C[C@H]1[C@@H]1C=CC[C@H]21. The number of nitrogens with zero attached hydrogens (tertiary/aromatic N) is 1. The van der Waals surface area contributed by atoms with Crippen molar-refractivity contribution in [2.75, 3.05) is 0 Å². The van der Waals surface area contributed by atoms with Crippen LogP contribution in [-0.4, -0.2) is 17.4 Å². The minimum atomic E-state index is 0.471. The Hall–Kier alpha value is -1.10. The Morgan fingerprint density at radius 2 is 2.08 bits per heavy atom. The maximum Gasteiger partial charge on any atom is 0.187 e. The molecule has 5 atom stereocenters. The summed E-state index contributed by atoms with van der Waals surface area (Å²) in [6.45, 7) is 0. The number of fused-ring (bicyclic) bond motifs is 5. The third-order valence-corrected chi connectivity index (χ3v) is 6.60. The van der Waals surface area contributed by atoms with Crippen LogP contribution in [0.4, 0.5) is 0 Å². The van der Waals surface area contributed by atoms with Gasteiger partial charge < -0.3 is 5.32 Å². The summed E-state index contributed by atoms with van der Waals surface area (Å²) in [7, 11) is 0. The van der Waals surface area contributed by atoms with Gasteiger partial charge in [-0.15, -0.1) is 0 Å². The molecule has 0 radical (unpaired) electrons. The smallest absolute Gasteiger partial charge is 0.187 e. The molecule has 6 heteroatoms. The van der Waals surface area contributed by atoms with Crippen molar-refractivity contribution >= 4 is 46.7 Å². The lowest BCUT2D eigenvalue weighted by atomic mass is 9.79. The second kappa shape index (κ2) is 6.66. The highest BCUT2D eigenvalue weighted by molar-refractivity contribution is 7.80. The molecule has 3 aliphatic carbocycles. The van der Waals surface area contributed by atoms with Crippen LogP contribution in [-0.2, 0) is 0 Å². The van der Waals surface area contributed by atoms with Crippen molar-refractivity contribution in [2.45, 2.75) is 25.3 Å². The van der Waals surface area contributed by atoms with Gasteiger partial charge in [-0.1, -0.05) is 41.4 Å². The normalized spacial score (nSPS) is 33.2. The molecule has 2 saturated carbocycles. The van der Waals surface area contributed by atoms with E-state index < -0.39 is 0 Å². The average Bonchev–Trinajstić information content (AvgIpc) is 3.23. The zero-order chi connectivity index (χ0) is 16.7. The van der Waals surface area contributed by atoms with Crippen molar-refractivity contribution in [3.8, 4) is 0 Å². The molecule has 1 aromatic rings. The highest BCUT2D eigenvalue weighted by Gasteiger charge is 2.52. The molecule has 0 spiro atoms. The number of hydrazone groups is 1. The Morgan fingerprint density at radius 3 is 2.92 bits per heavy atom. The van der Waals surface area contributed by atoms with E-state index in [2.05, 4.69) is 28.0 Å². The molecule has 0 saturated heterocycles. The lowest BCUT2D eigenvalue weighted by Gasteiger charge is -2.32. The van der Waals surface area contributed by atoms with Crippen molar-refractivity contribution in [2.24, 2.45) is 28.8 Å². The maximum atomic E-state index is 5.99. The fraction of sp³-hybridized carbons (Fsp3) is 0.444. The predicted molar refractivity (Wildman–Crippen MR) is 104 cm³/mol. The molecule has 4 rings (SSSR count). The molecule has 0 aromatic heterocycles. The first-order valence-electron chi connectivity index (χ1n) is 8.33. The number of thiocarbonyl (C=S) groups is 1. The van der Waals surface area contributed by atoms with Crippen molar-refractivity contribution in [1.82, 2.24) is 10.7 Å². The summed E-state index contributed by atoms with van der Waals surface area (Å²) in [4.78, 5) is 0. The number of rotatable bonds is 3. The first-order valence-corrected chi connectivity index (χ1v) is 9.49. The molecule has 2 bridgehead atoms. The Labute approximate surface area is 157 Å². The van der Waals surface area contributed by atoms with Gasteiger partial charge in [0.1, 0.15) is 0 Å². The maximum absolute atomic E-state index is 5.99. The molecular formula is C18H19Cl2N3S. The van der Waals surface area contributed by atoms with Crippen LogP contribution in [0.5, 0.6) is 0 Å². The van der Waals surface area contributed by atoms with Crippen molar-refractivity contribution in [3.63, 3.8) is 0 Å². The molecule has 1 aromatic carbocycles. The number of halogens is 2. The van der Waals surface area contributed by atoms with E-state index in [1.54, 1.807) is 18.3 Å². The second-order valence-electron chi connectivity index (χ2n) is 6.92. The Bertz CT molecular complexity index is 718. The fourth-order valence-corrected chi connectivity index (χ4v) is 5.18. The van der Waals surface area contributed by atoms with E-state index in [-0.39, 0.29) is 0 Å². The van der Waals surface area contributed by atoms with E-state index in [9.17, 15) is 0 Å². The van der Waals surface area contributed by atoms with Crippen LogP contribution in [0.1, 0.15) is 24.8 Å². The highest BCUT2D eigenvalue weighted by Crippen LogP contribution is 2.56. The van der Waals surface area contributed by atoms with Crippen LogP contribution < -0.4 is 10.7 Å². The summed E-state index contributed by atoms with van der Waals surface area (Å²) >= 11 is 17.3. The average molecular weight is 380 g/mol. The molecule has 3 nitrogen and oxygen atoms in total. The van der Waals surface area contributed by atoms with Gasteiger partial charge in [0.2, 0.25) is 0 Å². The van der Waals surface area contributed by atoms with Crippen LogP contribution in [0, 0.1) is 23.7 Å². The van der Waals surface area contributed by atoms with Crippen molar-refractivity contribution in [3.05, 3.63) is 46.0 Å². The topological polar surface area (TPSA) is 36.4 Å². The summed E-state index contributed by atoms with van der Waals surface area (Å²) in [5, 5.41) is 9.28. The first-order chi connectivity index (χ1) is 11.6.